The molecule has 2 aromatic carbocycles. The number of hydrogen-bond acceptors (Lipinski definition) is 12. The number of rotatable bonds is 6. The zero-order chi connectivity index (χ0) is 22.1. The number of halogens is 1. The number of hydrazone groups is 1. The van der Waals surface area contributed by atoms with Crippen molar-refractivity contribution in [2.24, 2.45) is 5.10 Å². The quantitative estimate of drug-likeness (QED) is 0.258. The maximum Gasteiger partial charge on any atom is 0.282 e. The van der Waals surface area contributed by atoms with Crippen LogP contribution in [0.2, 0.25) is 0 Å². The normalized spacial score (nSPS) is 12.4. The van der Waals surface area contributed by atoms with Crippen molar-refractivity contribution in [1.82, 2.24) is 20.3 Å². The highest BCUT2D eigenvalue weighted by Gasteiger charge is 2.22. The minimum atomic E-state index is -0.558. The van der Waals surface area contributed by atoms with Gasteiger partial charge in [0.15, 0.2) is 23.1 Å². The highest BCUT2D eigenvalue weighted by Crippen LogP contribution is 2.37. The van der Waals surface area contributed by atoms with Crippen LogP contribution in [-0.2, 0) is 0 Å². The standard InChI is InChI=1S/C18H11FN8O5/c19-10-1-3-11(4-2-10)21-15-16(23-18-17(22-15)25-32-26-18)24-20-7-9-5-13-14(31-8-30-13)6-12(9)27(28)29/h1-7H,8H2,(H,21,22,25)(H,23,24,26)/b20-7-. The summed E-state index contributed by atoms with van der Waals surface area (Å²) in [6.45, 7) is -0.0227. The molecule has 0 saturated carbocycles. The molecule has 160 valence electrons. The van der Waals surface area contributed by atoms with E-state index in [4.69, 9.17) is 9.47 Å². The van der Waals surface area contributed by atoms with Gasteiger partial charge in [0.05, 0.1) is 22.8 Å². The second kappa shape index (κ2) is 7.75. The van der Waals surface area contributed by atoms with E-state index < -0.39 is 10.7 Å². The molecule has 0 aliphatic carbocycles. The lowest BCUT2D eigenvalue weighted by atomic mass is 10.1. The molecule has 2 aromatic heterocycles. The first kappa shape index (κ1) is 19.1. The number of nitrogens with zero attached hydrogens (tertiary/aromatic N) is 6. The van der Waals surface area contributed by atoms with Crippen LogP contribution in [0.1, 0.15) is 5.56 Å². The Labute approximate surface area is 177 Å². The molecule has 0 atom stereocenters. The minimum absolute atomic E-state index is 0.0227. The summed E-state index contributed by atoms with van der Waals surface area (Å²) in [6, 6.07) is 8.26. The molecule has 3 heterocycles. The number of fused-ring (bicyclic) bond motifs is 2. The van der Waals surface area contributed by atoms with Gasteiger partial charge in [0, 0.05) is 5.69 Å². The van der Waals surface area contributed by atoms with Crippen molar-refractivity contribution in [3.05, 3.63) is 57.9 Å². The molecule has 0 amide bonds. The molecular formula is C18H11FN8O5. The summed E-state index contributed by atoms with van der Waals surface area (Å²) in [6.07, 6.45) is 1.23. The number of hydrogen-bond donors (Lipinski definition) is 2. The lowest BCUT2D eigenvalue weighted by Gasteiger charge is -2.09. The summed E-state index contributed by atoms with van der Waals surface area (Å²) in [5, 5.41) is 25.7. The Balaban J connectivity index is 1.45. The van der Waals surface area contributed by atoms with Crippen LogP contribution in [0.5, 0.6) is 11.5 Å². The van der Waals surface area contributed by atoms with Gasteiger partial charge < -0.3 is 14.8 Å². The Bertz CT molecular complexity index is 1360. The van der Waals surface area contributed by atoms with Crippen LogP contribution in [0.15, 0.2) is 46.1 Å². The predicted molar refractivity (Wildman–Crippen MR) is 108 cm³/mol. The average Bonchev–Trinajstić information content (AvgIpc) is 3.43. The van der Waals surface area contributed by atoms with Crippen LogP contribution < -0.4 is 20.2 Å². The fraction of sp³-hybridized carbons (Fsp3) is 0.0556. The molecule has 5 rings (SSSR count). The van der Waals surface area contributed by atoms with E-state index in [2.05, 4.69) is 40.8 Å². The number of anilines is 3. The largest absolute Gasteiger partial charge is 0.454 e. The zero-order valence-corrected chi connectivity index (χ0v) is 15.9. The lowest BCUT2D eigenvalue weighted by molar-refractivity contribution is -0.385. The molecule has 14 heteroatoms. The Hall–Kier alpha value is -4.88. The van der Waals surface area contributed by atoms with Crippen molar-refractivity contribution in [1.29, 1.82) is 0 Å². The number of benzene rings is 2. The molecule has 0 spiro atoms. The third-order valence-electron chi connectivity index (χ3n) is 4.31. The first-order valence-corrected chi connectivity index (χ1v) is 8.97. The number of aromatic nitrogens is 4. The van der Waals surface area contributed by atoms with Crippen LogP contribution in [-0.4, -0.2) is 38.2 Å². The molecule has 1 aliphatic heterocycles. The molecule has 0 fully saturated rings. The molecule has 0 bridgehead atoms. The predicted octanol–water partition coefficient (Wildman–Crippen LogP) is 2.98. The average molecular weight is 438 g/mol. The second-order valence-corrected chi connectivity index (χ2v) is 6.36. The molecule has 13 nitrogen and oxygen atoms in total. The molecule has 1 aliphatic rings. The first-order valence-electron chi connectivity index (χ1n) is 8.97. The van der Waals surface area contributed by atoms with Gasteiger partial charge in [0.1, 0.15) is 5.82 Å². The molecule has 0 saturated heterocycles. The van der Waals surface area contributed by atoms with Gasteiger partial charge in [-0.3, -0.25) is 15.5 Å². The summed E-state index contributed by atoms with van der Waals surface area (Å²) in [5.74, 6) is 0.563. The smallest absolute Gasteiger partial charge is 0.282 e. The molecule has 0 unspecified atom stereocenters. The van der Waals surface area contributed by atoms with E-state index in [0.717, 1.165) is 0 Å². The third-order valence-corrected chi connectivity index (χ3v) is 4.31. The highest BCUT2D eigenvalue weighted by molar-refractivity contribution is 5.88. The summed E-state index contributed by atoms with van der Waals surface area (Å²) in [7, 11) is 0. The topological polar surface area (TPSA) is 163 Å². The van der Waals surface area contributed by atoms with E-state index in [1.54, 1.807) is 0 Å². The maximum absolute atomic E-state index is 13.2. The van der Waals surface area contributed by atoms with Gasteiger partial charge in [-0.05, 0) is 40.6 Å². The van der Waals surface area contributed by atoms with Crippen molar-refractivity contribution in [2.75, 3.05) is 17.5 Å². The molecular weight excluding hydrogens is 427 g/mol. The van der Waals surface area contributed by atoms with E-state index in [-0.39, 0.29) is 46.7 Å². The monoisotopic (exact) mass is 438 g/mol. The van der Waals surface area contributed by atoms with Gasteiger partial charge in [0.2, 0.25) is 18.1 Å². The number of nitro benzene ring substituents is 1. The van der Waals surface area contributed by atoms with E-state index in [0.29, 0.717) is 11.4 Å². The fourth-order valence-electron chi connectivity index (χ4n) is 2.84. The molecule has 4 aromatic rings. The van der Waals surface area contributed by atoms with Gasteiger partial charge in [-0.15, -0.1) is 0 Å². The minimum Gasteiger partial charge on any atom is -0.454 e. The Kier molecular flexibility index (Phi) is 4.63. The number of nitro groups is 1. The lowest BCUT2D eigenvalue weighted by Crippen LogP contribution is -2.03. The van der Waals surface area contributed by atoms with E-state index in [9.17, 15) is 14.5 Å². The summed E-state index contributed by atoms with van der Waals surface area (Å²) >= 11 is 0. The van der Waals surface area contributed by atoms with Crippen molar-refractivity contribution in [3.8, 4) is 11.5 Å². The Morgan fingerprint density at radius 3 is 2.47 bits per heavy atom. The molecule has 0 radical (unpaired) electrons. The van der Waals surface area contributed by atoms with Crippen molar-refractivity contribution < 1.29 is 23.4 Å². The SMILES string of the molecule is O=[N+]([O-])c1cc2c(cc1/C=N\Nc1nc3nonc3nc1Nc1ccc(F)cc1)OCO2. The highest BCUT2D eigenvalue weighted by atomic mass is 19.1. The van der Waals surface area contributed by atoms with Crippen molar-refractivity contribution in [3.63, 3.8) is 0 Å². The first-order chi connectivity index (χ1) is 15.6. The number of nitrogens with one attached hydrogen (secondary N) is 2. The second-order valence-electron chi connectivity index (χ2n) is 6.36. The van der Waals surface area contributed by atoms with E-state index >= 15 is 0 Å². The Morgan fingerprint density at radius 2 is 1.75 bits per heavy atom. The van der Waals surface area contributed by atoms with Crippen LogP contribution in [0.25, 0.3) is 11.3 Å². The van der Waals surface area contributed by atoms with Crippen LogP contribution in [0.4, 0.5) is 27.4 Å². The van der Waals surface area contributed by atoms with Gasteiger partial charge in [-0.2, -0.15) is 10.1 Å². The van der Waals surface area contributed by atoms with E-state index in [1.807, 2.05) is 0 Å². The fourth-order valence-corrected chi connectivity index (χ4v) is 2.84. The van der Waals surface area contributed by atoms with Crippen molar-refractivity contribution in [2.45, 2.75) is 0 Å². The number of ether oxygens (including phenoxy) is 2. The van der Waals surface area contributed by atoms with Gasteiger partial charge >= 0.3 is 0 Å². The summed E-state index contributed by atoms with van der Waals surface area (Å²) < 4.78 is 28.3. The van der Waals surface area contributed by atoms with Crippen LogP contribution in [0.3, 0.4) is 0 Å². The zero-order valence-electron chi connectivity index (χ0n) is 15.9. The maximum atomic E-state index is 13.2. The van der Waals surface area contributed by atoms with Gasteiger partial charge in [0.25, 0.3) is 5.69 Å². The summed E-state index contributed by atoms with van der Waals surface area (Å²) in [5.41, 5.74) is 3.40. The molecule has 32 heavy (non-hydrogen) atoms. The molecule has 2 N–H and O–H groups in total. The van der Waals surface area contributed by atoms with Crippen molar-refractivity contribution >= 4 is 40.5 Å². The van der Waals surface area contributed by atoms with Crippen LogP contribution in [0, 0.1) is 15.9 Å². The third kappa shape index (κ3) is 3.67. The van der Waals surface area contributed by atoms with Gasteiger partial charge in [-0.1, -0.05) is 0 Å². The van der Waals surface area contributed by atoms with Crippen LogP contribution >= 0.6 is 0 Å². The van der Waals surface area contributed by atoms with E-state index in [1.165, 1.54) is 42.6 Å². The van der Waals surface area contributed by atoms with Gasteiger partial charge in [-0.25, -0.2) is 14.0 Å². The summed E-state index contributed by atoms with van der Waals surface area (Å²) in [4.78, 5) is 19.3. The Morgan fingerprint density at radius 1 is 1.06 bits per heavy atom.